The van der Waals surface area contributed by atoms with Gasteiger partial charge in [0.05, 0.1) is 12.0 Å². The van der Waals surface area contributed by atoms with Gasteiger partial charge in [-0.3, -0.25) is 9.59 Å². The van der Waals surface area contributed by atoms with Gasteiger partial charge in [0.1, 0.15) is 0 Å². The first kappa shape index (κ1) is 14.8. The lowest BCUT2D eigenvalue weighted by molar-refractivity contribution is -0.128. The van der Waals surface area contributed by atoms with E-state index in [0.717, 1.165) is 0 Å². The summed E-state index contributed by atoms with van der Waals surface area (Å²) in [5.74, 6) is 0.292. The molecule has 0 spiro atoms. The molecular weight excluding hydrogens is 232 g/mol. The van der Waals surface area contributed by atoms with Gasteiger partial charge in [-0.15, -0.1) is 0 Å². The number of Topliss-reactive ketones (excluding diaryl/α,β-unsaturated/α-hetero) is 1. The molecule has 0 bridgehead atoms. The van der Waals surface area contributed by atoms with Crippen molar-refractivity contribution in [2.75, 3.05) is 25.6 Å². The Labute approximate surface area is 101 Å². The summed E-state index contributed by atoms with van der Waals surface area (Å²) in [6.07, 6.45) is 0.204. The second-order valence-corrected chi connectivity index (χ2v) is 3.92. The third kappa shape index (κ3) is 4.90. The minimum atomic E-state index is -0.360. The van der Waals surface area contributed by atoms with Crippen LogP contribution in [-0.2, 0) is 9.59 Å². The van der Waals surface area contributed by atoms with Crippen LogP contribution in [0.5, 0.6) is 0 Å². The van der Waals surface area contributed by atoms with Crippen molar-refractivity contribution in [3.05, 3.63) is 0 Å². The first-order valence-corrected chi connectivity index (χ1v) is 6.00. The van der Waals surface area contributed by atoms with E-state index in [-0.39, 0.29) is 30.1 Å². The van der Waals surface area contributed by atoms with Crippen LogP contribution in [-0.4, -0.2) is 43.3 Å². The van der Waals surface area contributed by atoms with Crippen molar-refractivity contribution in [1.82, 2.24) is 10.6 Å². The molecule has 1 amide bonds. The molecule has 0 fully saturated rings. The number of nitrogens with one attached hydrogen (secondary N) is 2. The van der Waals surface area contributed by atoms with Gasteiger partial charge in [0.25, 0.3) is 0 Å². The van der Waals surface area contributed by atoms with E-state index in [4.69, 9.17) is 0 Å². The Morgan fingerprint density at radius 1 is 1.20 bits per heavy atom. The highest BCUT2D eigenvalue weighted by Gasteiger charge is 2.23. The second-order valence-electron chi connectivity index (χ2n) is 3.19. The Morgan fingerprint density at radius 3 is 2.13 bits per heavy atom. The predicted molar refractivity (Wildman–Crippen MR) is 67.7 cm³/mol. The average molecular weight is 250 g/mol. The smallest absolute Gasteiger partial charge is 0.224 e. The normalized spacial score (nSPS) is 14.4. The summed E-state index contributed by atoms with van der Waals surface area (Å²) in [7, 11) is 3.26. The summed E-state index contributed by atoms with van der Waals surface area (Å²) in [4.78, 5) is 23.0. The maximum absolute atomic E-state index is 11.7. The molecule has 0 saturated heterocycles. The van der Waals surface area contributed by atoms with E-state index in [9.17, 15) is 9.59 Å². The number of carbonyl (C=O) groups excluding carboxylic acids is 2. The van der Waals surface area contributed by atoms with Crippen LogP contribution in [0.15, 0.2) is 0 Å². The Kier molecular flexibility index (Phi) is 7.90. The van der Waals surface area contributed by atoms with Crippen molar-refractivity contribution in [3.8, 4) is 0 Å². The highest BCUT2D eigenvalue weighted by molar-refractivity contribution is 7.80. The van der Waals surface area contributed by atoms with E-state index >= 15 is 0 Å². The van der Waals surface area contributed by atoms with Gasteiger partial charge < -0.3 is 10.6 Å². The molecule has 0 rings (SSSR count). The summed E-state index contributed by atoms with van der Waals surface area (Å²) in [5, 5.41) is 5.37. The van der Waals surface area contributed by atoms with Gasteiger partial charge in [-0.1, -0.05) is 0 Å². The summed E-state index contributed by atoms with van der Waals surface area (Å²) in [6.45, 7) is 0. The Balaban J connectivity index is 4.29. The molecule has 0 aromatic rings. The number of amides is 1. The first-order chi connectivity index (χ1) is 7.10. The molecule has 0 aliphatic heterocycles. The summed E-state index contributed by atoms with van der Waals surface area (Å²) >= 11 is 8.12. The zero-order valence-electron chi connectivity index (χ0n) is 8.99. The van der Waals surface area contributed by atoms with Crippen LogP contribution in [0, 0.1) is 5.92 Å². The Hall–Kier alpha value is -0.200. The van der Waals surface area contributed by atoms with Crippen molar-refractivity contribution in [2.45, 2.75) is 12.5 Å². The summed E-state index contributed by atoms with van der Waals surface area (Å²) in [5.41, 5.74) is 0. The molecule has 0 aromatic heterocycles. The molecule has 2 N–H and O–H groups in total. The van der Waals surface area contributed by atoms with Crippen molar-refractivity contribution in [2.24, 2.45) is 5.92 Å². The van der Waals surface area contributed by atoms with Crippen molar-refractivity contribution >= 4 is 36.9 Å². The fourth-order valence-electron chi connectivity index (χ4n) is 1.18. The van der Waals surface area contributed by atoms with Crippen LogP contribution >= 0.6 is 25.3 Å². The number of carbonyl (C=O) groups is 2. The molecule has 0 unspecified atom stereocenters. The van der Waals surface area contributed by atoms with Crippen LogP contribution in [0.1, 0.15) is 6.42 Å². The molecular formula is C9H18N2O2S2. The molecule has 0 aliphatic carbocycles. The molecule has 0 heterocycles. The Morgan fingerprint density at radius 2 is 1.80 bits per heavy atom. The highest BCUT2D eigenvalue weighted by atomic mass is 32.1. The van der Waals surface area contributed by atoms with Gasteiger partial charge in [-0.05, 0) is 7.05 Å². The third-order valence-electron chi connectivity index (χ3n) is 2.20. The van der Waals surface area contributed by atoms with Gasteiger partial charge in [0.2, 0.25) is 5.91 Å². The van der Waals surface area contributed by atoms with Crippen molar-refractivity contribution < 1.29 is 9.59 Å². The number of likely N-dealkylation sites (N-methyl/N-ethyl adjacent to an activating group) is 1. The number of thiol groups is 2. The zero-order chi connectivity index (χ0) is 11.8. The summed E-state index contributed by atoms with van der Waals surface area (Å²) < 4.78 is 0. The molecule has 0 aliphatic rings. The zero-order valence-corrected chi connectivity index (χ0v) is 10.8. The first-order valence-electron chi connectivity index (χ1n) is 4.74. The average Bonchev–Trinajstić information content (AvgIpc) is 2.26. The van der Waals surface area contributed by atoms with Crippen molar-refractivity contribution in [3.63, 3.8) is 0 Å². The van der Waals surface area contributed by atoms with E-state index in [1.807, 2.05) is 0 Å². The van der Waals surface area contributed by atoms with E-state index in [2.05, 4.69) is 35.9 Å². The van der Waals surface area contributed by atoms with E-state index in [1.54, 1.807) is 14.1 Å². The monoisotopic (exact) mass is 250 g/mol. The minimum Gasteiger partial charge on any atom is -0.359 e. The van der Waals surface area contributed by atoms with Crippen LogP contribution in [0.4, 0.5) is 0 Å². The molecule has 4 nitrogen and oxygen atoms in total. The van der Waals surface area contributed by atoms with Gasteiger partial charge >= 0.3 is 0 Å². The third-order valence-corrected chi connectivity index (χ3v) is 3.01. The number of hydrogen-bond donors (Lipinski definition) is 4. The second kappa shape index (κ2) is 8.01. The van der Waals surface area contributed by atoms with E-state index in [0.29, 0.717) is 11.5 Å². The topological polar surface area (TPSA) is 58.2 Å². The van der Waals surface area contributed by atoms with Gasteiger partial charge in [-0.25, -0.2) is 0 Å². The number of ketones is 1. The molecule has 88 valence electrons. The lowest BCUT2D eigenvalue weighted by Gasteiger charge is -2.16. The lowest BCUT2D eigenvalue weighted by atomic mass is 10.00. The fraction of sp³-hybridized carbons (Fsp3) is 0.778. The summed E-state index contributed by atoms with van der Waals surface area (Å²) in [6, 6.07) is -0.291. The quantitative estimate of drug-likeness (QED) is 0.472. The molecule has 0 saturated carbocycles. The minimum absolute atomic E-state index is 0.00449. The number of rotatable bonds is 7. The molecule has 15 heavy (non-hydrogen) atoms. The van der Waals surface area contributed by atoms with E-state index < -0.39 is 0 Å². The van der Waals surface area contributed by atoms with Gasteiger partial charge in [0.15, 0.2) is 5.78 Å². The highest BCUT2D eigenvalue weighted by Crippen LogP contribution is 2.08. The van der Waals surface area contributed by atoms with Crippen LogP contribution in [0.3, 0.4) is 0 Å². The number of hydrogen-bond acceptors (Lipinski definition) is 5. The molecule has 0 aromatic carbocycles. The SMILES string of the molecule is CNC(=O)[C@@H](CS)CC(=O)[C@H](CS)NC. The van der Waals surface area contributed by atoms with Crippen LogP contribution in [0.2, 0.25) is 0 Å². The molecule has 2 atom stereocenters. The van der Waals surface area contributed by atoms with Crippen LogP contribution < -0.4 is 10.6 Å². The van der Waals surface area contributed by atoms with Gasteiger partial charge in [-0.2, -0.15) is 25.3 Å². The maximum atomic E-state index is 11.7. The molecule has 6 heteroatoms. The van der Waals surface area contributed by atoms with Gasteiger partial charge in [0, 0.05) is 25.0 Å². The van der Waals surface area contributed by atoms with Crippen molar-refractivity contribution in [1.29, 1.82) is 0 Å². The maximum Gasteiger partial charge on any atom is 0.224 e. The Bertz CT molecular complexity index is 220. The fourth-order valence-corrected chi connectivity index (χ4v) is 1.86. The largest absolute Gasteiger partial charge is 0.359 e. The molecule has 0 radical (unpaired) electrons. The standard InChI is InChI=1S/C9H18N2O2S2/c1-10-7(5-15)8(12)3-6(4-14)9(13)11-2/h6-7,10,14-15H,3-5H2,1-2H3,(H,11,13)/t6-,7+/m1/s1. The van der Waals surface area contributed by atoms with Crippen LogP contribution in [0.25, 0.3) is 0 Å². The predicted octanol–water partition coefficient (Wildman–Crippen LogP) is -0.245. The lowest BCUT2D eigenvalue weighted by Crippen LogP contribution is -2.39. The van der Waals surface area contributed by atoms with E-state index in [1.165, 1.54) is 0 Å².